The Balaban J connectivity index is 2.07. The fourth-order valence-corrected chi connectivity index (χ4v) is 5.61. The molecule has 17 heavy (non-hydrogen) atoms. The molecule has 4 nitrogen and oxygen atoms in total. The van der Waals surface area contributed by atoms with Crippen LogP contribution < -0.4 is 4.46 Å². The molecule has 2 unspecified atom stereocenters. The molecule has 0 aromatic heterocycles. The Labute approximate surface area is 107 Å². The van der Waals surface area contributed by atoms with Crippen molar-refractivity contribution in [2.45, 2.75) is 30.9 Å². The van der Waals surface area contributed by atoms with E-state index in [1.54, 1.807) is 13.8 Å². The second kappa shape index (κ2) is 5.08. The molecule has 6 heteroatoms. The Morgan fingerprint density at radius 1 is 1.35 bits per heavy atom. The van der Waals surface area contributed by atoms with E-state index in [1.807, 2.05) is 30.3 Å². The fourth-order valence-electron chi connectivity index (χ4n) is 1.49. The first kappa shape index (κ1) is 13.1. The molecule has 1 aliphatic rings. The van der Waals surface area contributed by atoms with E-state index in [4.69, 9.17) is 8.37 Å². The summed E-state index contributed by atoms with van der Waals surface area (Å²) in [6, 6.07) is 9.30. The van der Waals surface area contributed by atoms with Gasteiger partial charge in [0.25, 0.3) is 0 Å². The summed E-state index contributed by atoms with van der Waals surface area (Å²) in [5.74, 6) is 0. The first-order chi connectivity index (χ1) is 7.99. The van der Waals surface area contributed by atoms with Gasteiger partial charge in [-0.05, 0) is 0 Å². The van der Waals surface area contributed by atoms with Crippen molar-refractivity contribution in [2.75, 3.05) is 0 Å². The van der Waals surface area contributed by atoms with E-state index < -0.39 is 30.8 Å². The number of rotatable bonds is 3. The van der Waals surface area contributed by atoms with Crippen molar-refractivity contribution in [1.29, 1.82) is 0 Å². The van der Waals surface area contributed by atoms with Crippen LogP contribution >= 0.6 is 0 Å². The second-order valence-electron chi connectivity index (χ2n) is 4.30. The van der Waals surface area contributed by atoms with E-state index in [-0.39, 0.29) is 6.10 Å². The van der Waals surface area contributed by atoms with Gasteiger partial charge in [-0.25, -0.2) is 0 Å². The summed E-state index contributed by atoms with van der Waals surface area (Å²) in [6.07, 6.45) is -0.383. The van der Waals surface area contributed by atoms with Gasteiger partial charge in [-0.15, -0.1) is 0 Å². The molecule has 0 saturated carbocycles. The van der Waals surface area contributed by atoms with Crippen LogP contribution in [0.3, 0.4) is 0 Å². The van der Waals surface area contributed by atoms with Crippen molar-refractivity contribution in [2.24, 2.45) is 0 Å². The van der Waals surface area contributed by atoms with Gasteiger partial charge in [0.1, 0.15) is 0 Å². The van der Waals surface area contributed by atoms with Gasteiger partial charge in [0.05, 0.1) is 0 Å². The zero-order valence-corrected chi connectivity index (χ0v) is 12.2. The molecule has 0 spiro atoms. The minimum atomic E-state index is -2.17. The zero-order valence-electron chi connectivity index (χ0n) is 9.62. The molecule has 0 N–H and O–H groups in total. The van der Waals surface area contributed by atoms with Crippen LogP contribution in [0.1, 0.15) is 13.8 Å². The summed E-state index contributed by atoms with van der Waals surface area (Å²) in [4.78, 5) is 0. The third kappa shape index (κ3) is 3.09. The molecular formula is C11H14O4SSe. The SMILES string of the molecule is CC1(C)OS(=O)O[C@@H]1C[Se](=O)c1ccccc1. The average Bonchev–Trinajstić information content (AvgIpc) is 2.53. The van der Waals surface area contributed by atoms with Gasteiger partial charge in [-0.3, -0.25) is 0 Å². The Morgan fingerprint density at radius 3 is 2.53 bits per heavy atom. The standard InChI is InChI=1S/C11H14O4SSe/c1-11(2)10(14-16(12)15-11)8-17(13)9-6-4-3-5-7-9/h3-7,10H,8H2,1-2H3/t10-,16?,17?/m1/s1. The van der Waals surface area contributed by atoms with E-state index in [0.29, 0.717) is 5.32 Å². The van der Waals surface area contributed by atoms with E-state index in [9.17, 15) is 8.04 Å². The van der Waals surface area contributed by atoms with Crippen molar-refractivity contribution in [1.82, 2.24) is 0 Å². The van der Waals surface area contributed by atoms with Crippen molar-refractivity contribution in [3.05, 3.63) is 30.3 Å². The Hall–Kier alpha value is -0.391. The van der Waals surface area contributed by atoms with Crippen LogP contribution in [0.15, 0.2) is 30.3 Å². The van der Waals surface area contributed by atoms with Crippen molar-refractivity contribution in [3.63, 3.8) is 0 Å². The Bertz CT molecular complexity index is 446. The molecule has 3 atom stereocenters. The Morgan fingerprint density at radius 2 is 2.00 bits per heavy atom. The molecule has 0 radical (unpaired) electrons. The molecule has 1 heterocycles. The predicted molar refractivity (Wildman–Crippen MR) is 65.5 cm³/mol. The number of hydrogen-bond donors (Lipinski definition) is 0. The molecular weight excluding hydrogens is 307 g/mol. The van der Waals surface area contributed by atoms with E-state index in [1.165, 1.54) is 0 Å². The van der Waals surface area contributed by atoms with Gasteiger partial charge >= 0.3 is 107 Å². The van der Waals surface area contributed by atoms with Crippen LogP contribution in [0.25, 0.3) is 0 Å². The van der Waals surface area contributed by atoms with Gasteiger partial charge in [-0.1, -0.05) is 0 Å². The normalized spacial score (nSPS) is 29.1. The maximum absolute atomic E-state index is 12.2. The number of benzene rings is 1. The fraction of sp³-hybridized carbons (Fsp3) is 0.455. The quantitative estimate of drug-likeness (QED) is 0.782. The van der Waals surface area contributed by atoms with Crippen molar-refractivity contribution in [3.8, 4) is 0 Å². The molecule has 1 aromatic rings. The minimum absolute atomic E-state index is 0.378. The average molecular weight is 321 g/mol. The molecule has 0 amide bonds. The van der Waals surface area contributed by atoms with Gasteiger partial charge in [0, 0.05) is 0 Å². The van der Waals surface area contributed by atoms with Crippen LogP contribution in [0.2, 0.25) is 5.32 Å². The van der Waals surface area contributed by atoms with Gasteiger partial charge in [0.2, 0.25) is 0 Å². The van der Waals surface area contributed by atoms with Gasteiger partial charge in [0.15, 0.2) is 0 Å². The van der Waals surface area contributed by atoms with Crippen LogP contribution in [0.4, 0.5) is 0 Å². The van der Waals surface area contributed by atoms with E-state index in [0.717, 1.165) is 4.46 Å². The van der Waals surface area contributed by atoms with Crippen LogP contribution in [0.5, 0.6) is 0 Å². The topological polar surface area (TPSA) is 52.6 Å². The van der Waals surface area contributed by atoms with Crippen molar-refractivity contribution < 1.29 is 16.4 Å². The summed E-state index contributed by atoms with van der Waals surface area (Å²) in [5, 5.41) is 0.378. The van der Waals surface area contributed by atoms with Crippen LogP contribution in [-0.4, -0.2) is 29.7 Å². The number of hydrogen-bond acceptors (Lipinski definition) is 4. The summed E-state index contributed by atoms with van der Waals surface area (Å²) >= 11 is -3.88. The molecule has 2 rings (SSSR count). The maximum atomic E-state index is 12.2. The third-order valence-electron chi connectivity index (χ3n) is 2.56. The van der Waals surface area contributed by atoms with Gasteiger partial charge < -0.3 is 0 Å². The van der Waals surface area contributed by atoms with Crippen LogP contribution in [-0.2, 0) is 23.6 Å². The summed E-state index contributed by atoms with van der Waals surface area (Å²) < 4.78 is 34.5. The first-order valence-corrected chi connectivity index (χ1v) is 8.97. The summed E-state index contributed by atoms with van der Waals surface area (Å²) in [7, 11) is 0. The van der Waals surface area contributed by atoms with E-state index in [2.05, 4.69) is 0 Å². The summed E-state index contributed by atoms with van der Waals surface area (Å²) in [5.41, 5.74) is -0.647. The molecule has 94 valence electrons. The second-order valence-corrected chi connectivity index (χ2v) is 8.21. The van der Waals surface area contributed by atoms with E-state index >= 15 is 0 Å². The third-order valence-corrected chi connectivity index (χ3v) is 6.46. The predicted octanol–water partition coefficient (Wildman–Crippen LogP) is 1.09. The molecule has 1 aliphatic heterocycles. The Kier molecular flexibility index (Phi) is 3.90. The monoisotopic (exact) mass is 322 g/mol. The van der Waals surface area contributed by atoms with Crippen LogP contribution in [0, 0.1) is 0 Å². The molecule has 0 bridgehead atoms. The zero-order chi connectivity index (χ0) is 12.5. The molecule has 1 aromatic carbocycles. The van der Waals surface area contributed by atoms with Crippen molar-refractivity contribution >= 4 is 29.7 Å². The van der Waals surface area contributed by atoms with Gasteiger partial charge in [-0.2, -0.15) is 0 Å². The molecule has 1 saturated heterocycles. The first-order valence-electron chi connectivity index (χ1n) is 5.21. The summed E-state index contributed by atoms with van der Waals surface area (Å²) in [6.45, 7) is 3.60. The molecule has 1 fully saturated rings. The molecule has 0 aliphatic carbocycles.